The molecule has 1 aromatic rings. The second-order valence-corrected chi connectivity index (χ2v) is 3.73. The summed E-state index contributed by atoms with van der Waals surface area (Å²) in [5.74, 6) is 0. The number of nitrogens with zero attached hydrogens (tertiary/aromatic N) is 1. The summed E-state index contributed by atoms with van der Waals surface area (Å²) in [6.45, 7) is 7.83. The summed E-state index contributed by atoms with van der Waals surface area (Å²) in [6, 6.07) is 4.77. The van der Waals surface area contributed by atoms with Gasteiger partial charge >= 0.3 is 0 Å². The van der Waals surface area contributed by atoms with E-state index in [2.05, 4.69) is 24.1 Å². The standard InChI is InChI=1S/C12H20N2O/c1-4-15-9-10(2)14-11(3)12-5-7-13-8-6-12/h5-8,10-11,14H,4,9H2,1-3H3/t10?,11-/m1/s1. The SMILES string of the molecule is CCOCC(C)N[C@H](C)c1ccncc1. The Morgan fingerprint density at radius 1 is 1.33 bits per heavy atom. The molecule has 1 heterocycles. The average molecular weight is 208 g/mol. The summed E-state index contributed by atoms with van der Waals surface area (Å²) in [5.41, 5.74) is 1.26. The number of nitrogens with one attached hydrogen (secondary N) is 1. The number of rotatable bonds is 6. The fraction of sp³-hybridized carbons (Fsp3) is 0.583. The first-order valence-corrected chi connectivity index (χ1v) is 5.47. The second kappa shape index (κ2) is 6.53. The maximum Gasteiger partial charge on any atom is 0.0616 e. The normalized spacial score (nSPS) is 14.9. The highest BCUT2D eigenvalue weighted by molar-refractivity contribution is 5.14. The van der Waals surface area contributed by atoms with Crippen molar-refractivity contribution in [1.29, 1.82) is 0 Å². The highest BCUT2D eigenvalue weighted by Gasteiger charge is 2.08. The zero-order chi connectivity index (χ0) is 11.1. The predicted octanol–water partition coefficient (Wildman–Crippen LogP) is 2.16. The van der Waals surface area contributed by atoms with Crippen molar-refractivity contribution < 1.29 is 4.74 Å². The van der Waals surface area contributed by atoms with Gasteiger partial charge in [0.2, 0.25) is 0 Å². The van der Waals surface area contributed by atoms with E-state index in [0.29, 0.717) is 12.1 Å². The lowest BCUT2D eigenvalue weighted by Gasteiger charge is -2.19. The Labute approximate surface area is 91.9 Å². The Hall–Kier alpha value is -0.930. The Morgan fingerprint density at radius 2 is 2.00 bits per heavy atom. The summed E-state index contributed by atoms with van der Waals surface area (Å²) in [7, 11) is 0. The maximum absolute atomic E-state index is 5.36. The van der Waals surface area contributed by atoms with Crippen LogP contribution in [0.3, 0.4) is 0 Å². The fourth-order valence-electron chi connectivity index (χ4n) is 1.52. The molecule has 1 aromatic heterocycles. The van der Waals surface area contributed by atoms with Crippen LogP contribution in [0.1, 0.15) is 32.4 Å². The van der Waals surface area contributed by atoms with Crippen LogP contribution in [-0.2, 0) is 4.74 Å². The molecule has 0 saturated carbocycles. The Bertz CT molecular complexity index is 264. The van der Waals surface area contributed by atoms with Crippen LogP contribution in [0.5, 0.6) is 0 Å². The van der Waals surface area contributed by atoms with Crippen molar-refractivity contribution in [2.45, 2.75) is 32.9 Å². The molecular formula is C12H20N2O. The van der Waals surface area contributed by atoms with E-state index in [-0.39, 0.29) is 0 Å². The van der Waals surface area contributed by atoms with Crippen molar-refractivity contribution in [2.24, 2.45) is 0 Å². The molecule has 0 aromatic carbocycles. The van der Waals surface area contributed by atoms with E-state index in [1.54, 1.807) is 0 Å². The van der Waals surface area contributed by atoms with E-state index in [4.69, 9.17) is 4.74 Å². The van der Waals surface area contributed by atoms with E-state index in [1.165, 1.54) is 5.56 Å². The highest BCUT2D eigenvalue weighted by Crippen LogP contribution is 2.10. The van der Waals surface area contributed by atoms with Gasteiger partial charge in [-0.05, 0) is 38.5 Å². The summed E-state index contributed by atoms with van der Waals surface area (Å²) in [6.07, 6.45) is 3.64. The van der Waals surface area contributed by atoms with Crippen LogP contribution in [0.15, 0.2) is 24.5 Å². The number of ether oxygens (including phenoxy) is 1. The van der Waals surface area contributed by atoms with Gasteiger partial charge in [0.15, 0.2) is 0 Å². The highest BCUT2D eigenvalue weighted by atomic mass is 16.5. The molecule has 0 aliphatic heterocycles. The zero-order valence-corrected chi connectivity index (χ0v) is 9.73. The molecule has 84 valence electrons. The average Bonchev–Trinajstić information content (AvgIpc) is 2.27. The molecule has 1 unspecified atom stereocenters. The maximum atomic E-state index is 5.36. The van der Waals surface area contributed by atoms with Crippen molar-refractivity contribution in [3.63, 3.8) is 0 Å². The molecule has 0 aliphatic rings. The first-order valence-electron chi connectivity index (χ1n) is 5.47. The number of aromatic nitrogens is 1. The van der Waals surface area contributed by atoms with Gasteiger partial charge in [-0.15, -0.1) is 0 Å². The third-order valence-electron chi connectivity index (χ3n) is 2.31. The van der Waals surface area contributed by atoms with Gasteiger partial charge in [-0.1, -0.05) is 0 Å². The first-order chi connectivity index (χ1) is 7.24. The van der Waals surface area contributed by atoms with Gasteiger partial charge in [0, 0.05) is 31.1 Å². The largest absolute Gasteiger partial charge is 0.380 e. The third kappa shape index (κ3) is 4.40. The quantitative estimate of drug-likeness (QED) is 0.778. The molecule has 3 heteroatoms. The van der Waals surface area contributed by atoms with E-state index in [9.17, 15) is 0 Å². The Kier molecular flexibility index (Phi) is 5.29. The van der Waals surface area contributed by atoms with Crippen molar-refractivity contribution in [3.8, 4) is 0 Å². The van der Waals surface area contributed by atoms with E-state index in [1.807, 2.05) is 31.5 Å². The third-order valence-corrected chi connectivity index (χ3v) is 2.31. The van der Waals surface area contributed by atoms with Gasteiger partial charge in [-0.25, -0.2) is 0 Å². The predicted molar refractivity (Wildman–Crippen MR) is 61.7 cm³/mol. The van der Waals surface area contributed by atoms with Gasteiger partial charge in [-0.2, -0.15) is 0 Å². The number of hydrogen-bond donors (Lipinski definition) is 1. The summed E-state index contributed by atoms with van der Waals surface area (Å²) >= 11 is 0. The molecule has 0 fully saturated rings. The van der Waals surface area contributed by atoms with E-state index < -0.39 is 0 Å². The number of hydrogen-bond acceptors (Lipinski definition) is 3. The van der Waals surface area contributed by atoms with Crippen LogP contribution in [0.25, 0.3) is 0 Å². The minimum absolute atomic E-state index is 0.337. The van der Waals surface area contributed by atoms with Crippen molar-refractivity contribution in [1.82, 2.24) is 10.3 Å². The van der Waals surface area contributed by atoms with Gasteiger partial charge in [-0.3, -0.25) is 4.98 Å². The molecule has 3 nitrogen and oxygen atoms in total. The lowest BCUT2D eigenvalue weighted by atomic mass is 10.1. The second-order valence-electron chi connectivity index (χ2n) is 3.73. The number of pyridine rings is 1. The molecule has 15 heavy (non-hydrogen) atoms. The molecule has 0 saturated heterocycles. The lowest BCUT2D eigenvalue weighted by molar-refractivity contribution is 0.124. The monoisotopic (exact) mass is 208 g/mol. The van der Waals surface area contributed by atoms with Crippen LogP contribution in [0.2, 0.25) is 0 Å². The van der Waals surface area contributed by atoms with Crippen LogP contribution in [-0.4, -0.2) is 24.2 Å². The molecule has 2 atom stereocenters. The Balaban J connectivity index is 2.38. The lowest BCUT2D eigenvalue weighted by Crippen LogP contribution is -2.32. The first kappa shape index (κ1) is 12.1. The van der Waals surface area contributed by atoms with Gasteiger partial charge in [0.05, 0.1) is 6.61 Å². The van der Waals surface area contributed by atoms with E-state index >= 15 is 0 Å². The molecule has 0 bridgehead atoms. The molecule has 0 aliphatic carbocycles. The van der Waals surface area contributed by atoms with Gasteiger partial charge in [0.25, 0.3) is 0 Å². The molecular weight excluding hydrogens is 188 g/mol. The van der Waals surface area contributed by atoms with Crippen molar-refractivity contribution in [3.05, 3.63) is 30.1 Å². The van der Waals surface area contributed by atoms with Crippen LogP contribution in [0.4, 0.5) is 0 Å². The summed E-state index contributed by atoms with van der Waals surface area (Å²) < 4.78 is 5.36. The zero-order valence-electron chi connectivity index (χ0n) is 9.73. The van der Waals surface area contributed by atoms with Gasteiger partial charge < -0.3 is 10.1 Å². The van der Waals surface area contributed by atoms with Gasteiger partial charge in [0.1, 0.15) is 0 Å². The molecule has 0 spiro atoms. The minimum atomic E-state index is 0.337. The molecule has 0 amide bonds. The summed E-state index contributed by atoms with van der Waals surface area (Å²) in [5, 5.41) is 3.48. The van der Waals surface area contributed by atoms with Crippen LogP contribution in [0, 0.1) is 0 Å². The molecule has 1 N–H and O–H groups in total. The minimum Gasteiger partial charge on any atom is -0.380 e. The van der Waals surface area contributed by atoms with Crippen molar-refractivity contribution >= 4 is 0 Å². The van der Waals surface area contributed by atoms with Crippen LogP contribution >= 0.6 is 0 Å². The molecule has 0 radical (unpaired) electrons. The van der Waals surface area contributed by atoms with E-state index in [0.717, 1.165) is 13.2 Å². The fourth-order valence-corrected chi connectivity index (χ4v) is 1.52. The van der Waals surface area contributed by atoms with Crippen LogP contribution < -0.4 is 5.32 Å². The smallest absolute Gasteiger partial charge is 0.0616 e. The Morgan fingerprint density at radius 3 is 2.60 bits per heavy atom. The molecule has 1 rings (SSSR count). The topological polar surface area (TPSA) is 34.1 Å². The summed E-state index contributed by atoms with van der Waals surface area (Å²) in [4.78, 5) is 4.00. The van der Waals surface area contributed by atoms with Crippen molar-refractivity contribution in [2.75, 3.05) is 13.2 Å².